The van der Waals surface area contributed by atoms with Crippen molar-refractivity contribution in [2.24, 2.45) is 5.92 Å². The summed E-state index contributed by atoms with van der Waals surface area (Å²) >= 11 is 0. The SMILES string of the molecule is CC(C)(C)NC(=O)OCC1CNCC(O[Si](C)(C)C(C)(C)C)C1. The molecule has 1 aliphatic rings. The number of rotatable bonds is 4. The molecule has 5 nitrogen and oxygen atoms in total. The highest BCUT2D eigenvalue weighted by Crippen LogP contribution is 2.38. The predicted octanol–water partition coefficient (Wildman–Crippen LogP) is 3.51. The smallest absolute Gasteiger partial charge is 0.407 e. The first-order valence-corrected chi connectivity index (χ1v) is 11.5. The molecule has 2 N–H and O–H groups in total. The molecule has 0 aliphatic carbocycles. The van der Waals surface area contributed by atoms with Crippen LogP contribution in [-0.2, 0) is 9.16 Å². The lowest BCUT2D eigenvalue weighted by Gasteiger charge is -2.41. The Balaban J connectivity index is 2.45. The van der Waals surface area contributed by atoms with Crippen molar-refractivity contribution in [3.05, 3.63) is 0 Å². The van der Waals surface area contributed by atoms with Gasteiger partial charge in [-0.3, -0.25) is 0 Å². The fourth-order valence-electron chi connectivity index (χ4n) is 2.33. The van der Waals surface area contributed by atoms with Gasteiger partial charge in [-0.15, -0.1) is 0 Å². The second-order valence-corrected chi connectivity index (χ2v) is 14.0. The fraction of sp³-hybridized carbons (Fsp3) is 0.941. The Hall–Kier alpha value is -0.593. The van der Waals surface area contributed by atoms with Crippen LogP contribution in [-0.4, -0.2) is 45.7 Å². The van der Waals surface area contributed by atoms with Gasteiger partial charge < -0.3 is 19.8 Å². The lowest BCUT2D eigenvalue weighted by atomic mass is 9.99. The van der Waals surface area contributed by atoms with Crippen LogP contribution < -0.4 is 10.6 Å². The zero-order valence-electron chi connectivity index (χ0n) is 16.2. The van der Waals surface area contributed by atoms with Crippen molar-refractivity contribution in [1.82, 2.24) is 10.6 Å². The molecule has 0 aromatic rings. The molecule has 23 heavy (non-hydrogen) atoms. The van der Waals surface area contributed by atoms with E-state index in [0.29, 0.717) is 12.5 Å². The summed E-state index contributed by atoms with van der Waals surface area (Å²) in [5.41, 5.74) is -0.268. The summed E-state index contributed by atoms with van der Waals surface area (Å²) in [6.45, 7) is 19.4. The number of amides is 1. The van der Waals surface area contributed by atoms with Gasteiger partial charge in [-0.1, -0.05) is 20.8 Å². The molecule has 1 rings (SSSR count). The Kier molecular flexibility index (Phi) is 6.70. The van der Waals surface area contributed by atoms with Crippen molar-refractivity contribution in [2.75, 3.05) is 19.7 Å². The first-order chi connectivity index (χ1) is 10.3. The summed E-state index contributed by atoms with van der Waals surface area (Å²) < 4.78 is 11.9. The number of nitrogens with one attached hydrogen (secondary N) is 2. The zero-order chi connectivity index (χ0) is 17.9. The van der Waals surface area contributed by atoms with E-state index in [-0.39, 0.29) is 22.8 Å². The summed E-state index contributed by atoms with van der Waals surface area (Å²) in [5, 5.41) is 6.45. The van der Waals surface area contributed by atoms with Crippen molar-refractivity contribution in [3.8, 4) is 0 Å². The van der Waals surface area contributed by atoms with Gasteiger partial charge in [0.15, 0.2) is 8.32 Å². The van der Waals surface area contributed by atoms with Gasteiger partial charge in [0.2, 0.25) is 0 Å². The molecule has 0 aromatic carbocycles. The first-order valence-electron chi connectivity index (χ1n) is 8.64. The maximum atomic E-state index is 11.8. The van der Waals surface area contributed by atoms with Gasteiger partial charge >= 0.3 is 6.09 Å². The Morgan fingerprint density at radius 3 is 2.30 bits per heavy atom. The molecular weight excluding hydrogens is 308 g/mol. The van der Waals surface area contributed by atoms with Crippen LogP contribution in [0.1, 0.15) is 48.0 Å². The maximum Gasteiger partial charge on any atom is 0.407 e. The highest BCUT2D eigenvalue weighted by molar-refractivity contribution is 6.74. The van der Waals surface area contributed by atoms with E-state index in [1.54, 1.807) is 0 Å². The molecule has 6 heteroatoms. The molecule has 0 aromatic heterocycles. The fourth-order valence-corrected chi connectivity index (χ4v) is 3.70. The quantitative estimate of drug-likeness (QED) is 0.766. The standard InChI is InChI=1S/C17H36N2O3Si/c1-16(2,3)19-15(20)21-12-13-9-14(11-18-10-13)22-23(7,8)17(4,5)6/h13-14,18H,9-12H2,1-8H3,(H,19,20). The monoisotopic (exact) mass is 344 g/mol. The lowest BCUT2D eigenvalue weighted by molar-refractivity contribution is 0.0747. The van der Waals surface area contributed by atoms with E-state index in [2.05, 4.69) is 44.5 Å². The molecule has 2 atom stereocenters. The van der Waals surface area contributed by atoms with Gasteiger partial charge in [-0.2, -0.15) is 0 Å². The Morgan fingerprint density at radius 1 is 1.17 bits per heavy atom. The van der Waals surface area contributed by atoms with E-state index < -0.39 is 8.32 Å². The second-order valence-electron chi connectivity index (χ2n) is 9.23. The number of hydrogen-bond acceptors (Lipinski definition) is 4. The van der Waals surface area contributed by atoms with E-state index >= 15 is 0 Å². The van der Waals surface area contributed by atoms with Crippen LogP contribution in [0, 0.1) is 5.92 Å². The van der Waals surface area contributed by atoms with Gasteiger partial charge in [0.1, 0.15) is 0 Å². The summed E-state index contributed by atoms with van der Waals surface area (Å²) in [6, 6.07) is 0. The van der Waals surface area contributed by atoms with Gasteiger partial charge in [0, 0.05) is 24.5 Å². The van der Waals surface area contributed by atoms with E-state index in [4.69, 9.17) is 9.16 Å². The summed E-state index contributed by atoms with van der Waals surface area (Å²) in [4.78, 5) is 11.8. The molecule has 1 heterocycles. The van der Waals surface area contributed by atoms with Gasteiger partial charge in [0.25, 0.3) is 0 Å². The second kappa shape index (κ2) is 7.53. The van der Waals surface area contributed by atoms with Crippen LogP contribution in [0.5, 0.6) is 0 Å². The van der Waals surface area contributed by atoms with Gasteiger partial charge in [0.05, 0.1) is 12.7 Å². The van der Waals surface area contributed by atoms with E-state index in [1.165, 1.54) is 0 Å². The molecule has 1 fully saturated rings. The largest absolute Gasteiger partial charge is 0.449 e. The van der Waals surface area contributed by atoms with Crippen LogP contribution in [0.2, 0.25) is 18.1 Å². The number of piperidine rings is 1. The average Bonchev–Trinajstić information content (AvgIpc) is 2.33. The average molecular weight is 345 g/mol. The van der Waals surface area contributed by atoms with Crippen LogP contribution in [0.3, 0.4) is 0 Å². The molecule has 1 saturated heterocycles. The number of alkyl carbamates (subject to hydrolysis) is 1. The van der Waals surface area contributed by atoms with Crippen LogP contribution in [0.4, 0.5) is 4.79 Å². The third-order valence-corrected chi connectivity index (χ3v) is 9.13. The normalized spacial score (nSPS) is 23.5. The minimum atomic E-state index is -1.76. The molecule has 1 aliphatic heterocycles. The van der Waals surface area contributed by atoms with Crippen molar-refractivity contribution in [2.45, 2.75) is 77.7 Å². The molecule has 0 spiro atoms. The highest BCUT2D eigenvalue weighted by atomic mass is 28.4. The van der Waals surface area contributed by atoms with E-state index in [0.717, 1.165) is 19.5 Å². The minimum absolute atomic E-state index is 0.211. The molecule has 0 bridgehead atoms. The van der Waals surface area contributed by atoms with Crippen LogP contribution in [0.15, 0.2) is 0 Å². The number of carbonyl (C=O) groups is 1. The third-order valence-electron chi connectivity index (χ3n) is 4.60. The highest BCUT2D eigenvalue weighted by Gasteiger charge is 2.40. The predicted molar refractivity (Wildman–Crippen MR) is 97.3 cm³/mol. The Morgan fingerprint density at radius 2 is 1.78 bits per heavy atom. The minimum Gasteiger partial charge on any atom is -0.449 e. The van der Waals surface area contributed by atoms with Crippen molar-refractivity contribution in [3.63, 3.8) is 0 Å². The third kappa shape index (κ3) is 7.22. The summed E-state index contributed by atoms with van der Waals surface area (Å²) in [7, 11) is -1.76. The van der Waals surface area contributed by atoms with E-state index in [9.17, 15) is 4.79 Å². The summed E-state index contributed by atoms with van der Waals surface area (Å²) in [6.07, 6.45) is 0.816. The topological polar surface area (TPSA) is 59.6 Å². The Labute approximate surface area is 143 Å². The summed E-state index contributed by atoms with van der Waals surface area (Å²) in [5.74, 6) is 0.309. The van der Waals surface area contributed by atoms with Gasteiger partial charge in [-0.05, 0) is 45.3 Å². The van der Waals surface area contributed by atoms with Crippen molar-refractivity contribution < 1.29 is 14.0 Å². The Bertz CT molecular complexity index is 400. The van der Waals surface area contributed by atoms with Crippen molar-refractivity contribution >= 4 is 14.4 Å². The number of hydrogen-bond donors (Lipinski definition) is 2. The number of ether oxygens (including phenoxy) is 1. The first kappa shape index (κ1) is 20.5. The molecule has 0 radical (unpaired) electrons. The van der Waals surface area contributed by atoms with Crippen LogP contribution >= 0.6 is 0 Å². The zero-order valence-corrected chi connectivity index (χ0v) is 17.2. The van der Waals surface area contributed by atoms with Crippen LogP contribution in [0.25, 0.3) is 0 Å². The maximum absolute atomic E-state index is 11.8. The molecular formula is C17H36N2O3Si. The van der Waals surface area contributed by atoms with Gasteiger partial charge in [-0.25, -0.2) is 4.79 Å². The number of carbonyl (C=O) groups excluding carboxylic acids is 1. The van der Waals surface area contributed by atoms with Crippen molar-refractivity contribution in [1.29, 1.82) is 0 Å². The molecule has 0 saturated carbocycles. The van der Waals surface area contributed by atoms with E-state index in [1.807, 2.05) is 20.8 Å². The lowest BCUT2D eigenvalue weighted by Crippen LogP contribution is -2.50. The molecule has 1 amide bonds. The molecule has 136 valence electrons. The molecule has 2 unspecified atom stereocenters.